The molecule has 1 fully saturated rings. The monoisotopic (exact) mass is 335 g/mol. The number of amides is 1. The normalized spacial score (nSPS) is 16.2. The Hall–Kier alpha value is -2.12. The summed E-state index contributed by atoms with van der Waals surface area (Å²) in [6.07, 6.45) is 3.26. The van der Waals surface area contributed by atoms with E-state index in [4.69, 9.17) is 22.1 Å². The third-order valence-corrected chi connectivity index (χ3v) is 4.12. The fourth-order valence-corrected chi connectivity index (χ4v) is 3.06. The largest absolute Gasteiger partial charge is 0.481 e. The molecule has 0 spiro atoms. The minimum absolute atomic E-state index is 0.192. The third kappa shape index (κ3) is 3.75. The summed E-state index contributed by atoms with van der Waals surface area (Å²) in [6.45, 7) is 3.52. The van der Waals surface area contributed by atoms with E-state index in [1.165, 1.54) is 16.7 Å². The van der Waals surface area contributed by atoms with E-state index in [1.54, 1.807) is 36.4 Å². The number of thioether (sulfide) groups is 1. The molecule has 0 saturated carbocycles. The van der Waals surface area contributed by atoms with Crippen LogP contribution in [0.3, 0.4) is 0 Å². The van der Waals surface area contributed by atoms with E-state index >= 15 is 0 Å². The maximum Gasteiger partial charge on any atom is 0.341 e. The van der Waals surface area contributed by atoms with Crippen molar-refractivity contribution < 1.29 is 19.4 Å². The van der Waals surface area contributed by atoms with Crippen LogP contribution in [-0.2, 0) is 9.59 Å². The first kappa shape index (κ1) is 16.3. The zero-order chi connectivity index (χ0) is 16.1. The number of hydrogen-bond acceptors (Lipinski definition) is 5. The van der Waals surface area contributed by atoms with Gasteiger partial charge in [-0.1, -0.05) is 48.3 Å². The van der Waals surface area contributed by atoms with Crippen LogP contribution >= 0.6 is 24.0 Å². The van der Waals surface area contributed by atoms with Gasteiger partial charge in [-0.25, -0.2) is 4.79 Å². The van der Waals surface area contributed by atoms with Gasteiger partial charge in [-0.3, -0.25) is 9.69 Å². The summed E-state index contributed by atoms with van der Waals surface area (Å²) < 4.78 is 5.69. The Labute approximate surface area is 137 Å². The summed E-state index contributed by atoms with van der Waals surface area (Å²) in [5.41, 5.74) is 0.628. The molecule has 0 bridgehead atoms. The summed E-state index contributed by atoms with van der Waals surface area (Å²) in [5.74, 6) is -0.853. The quantitative estimate of drug-likeness (QED) is 0.489. The van der Waals surface area contributed by atoms with Gasteiger partial charge in [0.1, 0.15) is 10.1 Å². The molecular weight excluding hydrogens is 322 g/mol. The molecule has 5 nitrogen and oxygen atoms in total. The summed E-state index contributed by atoms with van der Waals surface area (Å²) in [6, 6.07) is 6.91. The molecule has 1 aromatic rings. The molecular formula is C15H13NO4S2. The van der Waals surface area contributed by atoms with E-state index in [2.05, 4.69) is 6.58 Å². The Bertz CT molecular complexity index is 669. The van der Waals surface area contributed by atoms with E-state index in [0.29, 0.717) is 27.1 Å². The zero-order valence-corrected chi connectivity index (χ0v) is 13.2. The van der Waals surface area contributed by atoms with Crippen LogP contribution in [0, 0.1) is 0 Å². The van der Waals surface area contributed by atoms with Gasteiger partial charge in [0.05, 0.1) is 4.91 Å². The van der Waals surface area contributed by atoms with Crippen molar-refractivity contribution in [1.82, 2.24) is 4.90 Å². The number of benzene rings is 1. The van der Waals surface area contributed by atoms with E-state index < -0.39 is 12.6 Å². The van der Waals surface area contributed by atoms with Crippen molar-refractivity contribution in [2.75, 3.05) is 13.2 Å². The van der Waals surface area contributed by atoms with Gasteiger partial charge in [-0.05, 0) is 12.1 Å². The highest BCUT2D eigenvalue weighted by Gasteiger charge is 2.31. The second-order valence-electron chi connectivity index (χ2n) is 4.30. The van der Waals surface area contributed by atoms with Crippen molar-refractivity contribution in [2.45, 2.75) is 0 Å². The van der Waals surface area contributed by atoms with Crippen LogP contribution in [0.15, 0.2) is 41.8 Å². The Balaban J connectivity index is 2.26. The van der Waals surface area contributed by atoms with Crippen molar-refractivity contribution in [3.05, 3.63) is 47.4 Å². The second kappa shape index (κ2) is 7.24. The van der Waals surface area contributed by atoms with Crippen LogP contribution in [0.25, 0.3) is 6.08 Å². The van der Waals surface area contributed by atoms with E-state index in [1.807, 2.05) is 0 Å². The maximum atomic E-state index is 12.3. The van der Waals surface area contributed by atoms with Gasteiger partial charge in [0.15, 0.2) is 6.61 Å². The summed E-state index contributed by atoms with van der Waals surface area (Å²) in [7, 11) is 0. The van der Waals surface area contributed by atoms with Crippen LogP contribution in [0.1, 0.15) is 5.56 Å². The molecule has 0 aliphatic carbocycles. The zero-order valence-electron chi connectivity index (χ0n) is 11.5. The molecule has 1 aliphatic rings. The molecule has 1 aliphatic heterocycles. The number of carbonyl (C=O) groups excluding carboxylic acids is 1. The van der Waals surface area contributed by atoms with Crippen LogP contribution in [0.5, 0.6) is 5.75 Å². The van der Waals surface area contributed by atoms with Crippen LogP contribution in [-0.4, -0.2) is 39.4 Å². The first-order chi connectivity index (χ1) is 10.5. The lowest BCUT2D eigenvalue weighted by Crippen LogP contribution is -2.27. The highest BCUT2D eigenvalue weighted by molar-refractivity contribution is 8.26. The molecule has 0 radical (unpaired) electrons. The molecule has 1 saturated heterocycles. The van der Waals surface area contributed by atoms with Crippen molar-refractivity contribution in [3.63, 3.8) is 0 Å². The molecule has 1 aromatic carbocycles. The number of carboxylic acid groups (broad SMARTS) is 1. The van der Waals surface area contributed by atoms with E-state index in [9.17, 15) is 9.59 Å². The number of ether oxygens (including phenoxy) is 1. The Kier molecular flexibility index (Phi) is 5.35. The van der Waals surface area contributed by atoms with E-state index in [0.717, 1.165) is 0 Å². The maximum absolute atomic E-state index is 12.3. The molecule has 1 heterocycles. The number of nitrogens with zero attached hydrogens (tertiary/aromatic N) is 1. The number of aliphatic carboxylic acids is 1. The number of rotatable bonds is 6. The van der Waals surface area contributed by atoms with Crippen molar-refractivity contribution >= 4 is 46.3 Å². The fraction of sp³-hybridized carbons (Fsp3) is 0.133. The molecule has 7 heteroatoms. The molecule has 22 heavy (non-hydrogen) atoms. The number of carbonyl (C=O) groups is 2. The lowest BCUT2D eigenvalue weighted by Gasteiger charge is -2.10. The number of thiocarbonyl (C=S) groups is 1. The molecule has 1 amide bonds. The minimum atomic E-state index is -1.06. The molecule has 1 N–H and O–H groups in total. The summed E-state index contributed by atoms with van der Waals surface area (Å²) in [4.78, 5) is 24.8. The standard InChI is InChI=1S/C15H13NO4S2/c1-2-7-16-14(19)12(22-15(16)21)8-10-5-3-4-6-11(10)20-9-13(17)18/h2-6,8H,1,7,9H2,(H,17,18)/b12-8+. The molecule has 0 atom stereocenters. The van der Waals surface area contributed by atoms with Gasteiger partial charge >= 0.3 is 5.97 Å². The van der Waals surface area contributed by atoms with Crippen LogP contribution in [0.2, 0.25) is 0 Å². The lowest BCUT2D eigenvalue weighted by atomic mass is 10.2. The minimum Gasteiger partial charge on any atom is -0.481 e. The van der Waals surface area contributed by atoms with Gasteiger partial charge in [-0.2, -0.15) is 0 Å². The van der Waals surface area contributed by atoms with Crippen molar-refractivity contribution in [1.29, 1.82) is 0 Å². The van der Waals surface area contributed by atoms with Gasteiger partial charge in [0.25, 0.3) is 5.91 Å². The molecule has 0 aromatic heterocycles. The van der Waals surface area contributed by atoms with Crippen molar-refractivity contribution in [2.24, 2.45) is 0 Å². The Morgan fingerprint density at radius 2 is 2.18 bits per heavy atom. The van der Waals surface area contributed by atoms with Gasteiger partial charge in [0.2, 0.25) is 0 Å². The molecule has 114 valence electrons. The predicted octanol–water partition coefficient (Wildman–Crippen LogP) is 2.54. The van der Waals surface area contributed by atoms with Gasteiger partial charge < -0.3 is 9.84 Å². The average molecular weight is 335 g/mol. The van der Waals surface area contributed by atoms with Crippen LogP contribution < -0.4 is 4.74 Å². The SMILES string of the molecule is C=CCN1C(=O)/C(=C\c2ccccc2OCC(=O)O)SC1=S. The molecule has 0 unspecified atom stereocenters. The first-order valence-electron chi connectivity index (χ1n) is 6.33. The Morgan fingerprint density at radius 3 is 2.86 bits per heavy atom. The highest BCUT2D eigenvalue weighted by Crippen LogP contribution is 2.34. The fourth-order valence-electron chi connectivity index (χ4n) is 1.80. The Morgan fingerprint density at radius 1 is 1.45 bits per heavy atom. The highest BCUT2D eigenvalue weighted by atomic mass is 32.2. The van der Waals surface area contributed by atoms with Crippen LogP contribution in [0.4, 0.5) is 0 Å². The first-order valence-corrected chi connectivity index (χ1v) is 7.55. The summed E-state index contributed by atoms with van der Waals surface area (Å²) >= 11 is 6.36. The lowest BCUT2D eigenvalue weighted by molar-refractivity contribution is -0.139. The van der Waals surface area contributed by atoms with E-state index in [-0.39, 0.29) is 5.91 Å². The number of para-hydroxylation sites is 1. The predicted molar refractivity (Wildman–Crippen MR) is 89.6 cm³/mol. The number of carboxylic acids is 1. The van der Waals surface area contributed by atoms with Gasteiger partial charge in [0, 0.05) is 12.1 Å². The van der Waals surface area contributed by atoms with Crippen molar-refractivity contribution in [3.8, 4) is 5.75 Å². The smallest absolute Gasteiger partial charge is 0.341 e. The summed E-state index contributed by atoms with van der Waals surface area (Å²) in [5, 5.41) is 8.69. The average Bonchev–Trinajstić information content (AvgIpc) is 2.74. The molecule has 2 rings (SSSR count). The number of hydrogen-bond donors (Lipinski definition) is 1. The topological polar surface area (TPSA) is 66.8 Å². The second-order valence-corrected chi connectivity index (χ2v) is 5.98. The third-order valence-electron chi connectivity index (χ3n) is 2.74. The van der Waals surface area contributed by atoms with Gasteiger partial charge in [-0.15, -0.1) is 6.58 Å².